The summed E-state index contributed by atoms with van der Waals surface area (Å²) in [6.07, 6.45) is 1.74. The molecule has 2 unspecified atom stereocenters. The van der Waals surface area contributed by atoms with Gasteiger partial charge in [-0.05, 0) is 19.9 Å². The number of carbonyl (C=O) groups is 2. The number of nitrogens with zero attached hydrogens (tertiary/aromatic N) is 1. The van der Waals surface area contributed by atoms with E-state index in [1.54, 1.807) is 7.05 Å². The average Bonchev–Trinajstić information content (AvgIpc) is 2.54. The molecule has 1 amide bonds. The van der Waals surface area contributed by atoms with Gasteiger partial charge in [0.05, 0.1) is 37.8 Å². The van der Waals surface area contributed by atoms with E-state index in [2.05, 4.69) is 5.32 Å². The highest BCUT2D eigenvalue weighted by atomic mass is 16.5. The summed E-state index contributed by atoms with van der Waals surface area (Å²) in [5, 5.41) is 11.6. The first kappa shape index (κ1) is 12.3. The van der Waals surface area contributed by atoms with Crippen molar-refractivity contribution < 1.29 is 19.4 Å². The molecule has 2 rings (SSSR count). The molecule has 0 aromatic heterocycles. The van der Waals surface area contributed by atoms with Crippen molar-refractivity contribution in [3.8, 4) is 0 Å². The second-order valence-electron chi connectivity index (χ2n) is 4.61. The van der Waals surface area contributed by atoms with Crippen molar-refractivity contribution >= 4 is 11.9 Å². The highest BCUT2D eigenvalue weighted by Crippen LogP contribution is 2.29. The molecular weight excluding hydrogens is 224 g/mol. The summed E-state index contributed by atoms with van der Waals surface area (Å²) in [7, 11) is 1.62. The molecule has 0 aromatic rings. The highest BCUT2D eigenvalue weighted by Gasteiger charge is 2.42. The minimum absolute atomic E-state index is 0.106. The van der Waals surface area contributed by atoms with Gasteiger partial charge in [-0.1, -0.05) is 0 Å². The van der Waals surface area contributed by atoms with Crippen LogP contribution in [0.3, 0.4) is 0 Å². The summed E-state index contributed by atoms with van der Waals surface area (Å²) < 4.78 is 5.40. The third kappa shape index (κ3) is 2.42. The number of amides is 1. The predicted octanol–water partition coefficient (Wildman–Crippen LogP) is -0.561. The van der Waals surface area contributed by atoms with Crippen LogP contribution >= 0.6 is 0 Å². The number of fused-ring (bicyclic) bond motifs is 2. The Labute approximate surface area is 99.9 Å². The number of hydrogen-bond donors (Lipinski definition) is 2. The normalized spacial score (nSPS) is 29.1. The van der Waals surface area contributed by atoms with Crippen LogP contribution in [0.25, 0.3) is 0 Å². The van der Waals surface area contributed by atoms with Gasteiger partial charge >= 0.3 is 5.97 Å². The van der Waals surface area contributed by atoms with Gasteiger partial charge in [0.1, 0.15) is 0 Å². The number of rotatable bonds is 4. The molecule has 2 aliphatic heterocycles. The first-order valence-electron chi connectivity index (χ1n) is 5.92. The lowest BCUT2D eigenvalue weighted by molar-refractivity contribution is -0.147. The SMILES string of the molecule is CN[C@@H](CC(=O)O)C(=O)N1C2CCC1COC2. The van der Waals surface area contributed by atoms with E-state index >= 15 is 0 Å². The Bertz CT molecular complexity index is 305. The second-order valence-corrected chi connectivity index (χ2v) is 4.61. The Hall–Kier alpha value is -1.14. The first-order chi connectivity index (χ1) is 8.13. The van der Waals surface area contributed by atoms with Crippen LogP contribution in [0.2, 0.25) is 0 Å². The largest absolute Gasteiger partial charge is 0.481 e. The maximum absolute atomic E-state index is 12.3. The number of likely N-dealkylation sites (N-methyl/N-ethyl adjacent to an activating group) is 1. The quantitative estimate of drug-likeness (QED) is 0.691. The maximum atomic E-state index is 12.3. The van der Waals surface area contributed by atoms with Crippen LogP contribution in [0.1, 0.15) is 19.3 Å². The van der Waals surface area contributed by atoms with Crippen LogP contribution in [-0.4, -0.2) is 60.3 Å². The van der Waals surface area contributed by atoms with Gasteiger partial charge in [-0.2, -0.15) is 0 Å². The number of morpholine rings is 1. The van der Waals surface area contributed by atoms with E-state index < -0.39 is 12.0 Å². The summed E-state index contributed by atoms with van der Waals surface area (Å²) >= 11 is 0. The van der Waals surface area contributed by atoms with Crippen LogP contribution in [-0.2, 0) is 14.3 Å². The van der Waals surface area contributed by atoms with Crippen molar-refractivity contribution in [3.63, 3.8) is 0 Å². The van der Waals surface area contributed by atoms with Gasteiger partial charge in [0.25, 0.3) is 0 Å². The van der Waals surface area contributed by atoms with Gasteiger partial charge in [0.2, 0.25) is 5.91 Å². The molecule has 96 valence electrons. The number of carboxylic acid groups (broad SMARTS) is 1. The lowest BCUT2D eigenvalue weighted by atomic mass is 10.1. The Kier molecular flexibility index (Phi) is 3.63. The average molecular weight is 242 g/mol. The molecule has 0 aliphatic carbocycles. The molecule has 3 atom stereocenters. The number of ether oxygens (including phenoxy) is 1. The zero-order chi connectivity index (χ0) is 12.4. The van der Waals surface area contributed by atoms with E-state index in [0.29, 0.717) is 13.2 Å². The van der Waals surface area contributed by atoms with Crippen LogP contribution in [0.4, 0.5) is 0 Å². The van der Waals surface area contributed by atoms with Crippen molar-refractivity contribution in [2.24, 2.45) is 0 Å². The van der Waals surface area contributed by atoms with Crippen molar-refractivity contribution in [2.45, 2.75) is 37.4 Å². The Morgan fingerprint density at radius 2 is 2.00 bits per heavy atom. The number of carboxylic acids is 1. The third-order valence-corrected chi connectivity index (χ3v) is 3.52. The highest BCUT2D eigenvalue weighted by molar-refractivity contribution is 5.87. The molecule has 17 heavy (non-hydrogen) atoms. The number of carbonyl (C=O) groups excluding carboxylic acids is 1. The smallest absolute Gasteiger partial charge is 0.305 e. The van der Waals surface area contributed by atoms with E-state index in [4.69, 9.17) is 9.84 Å². The van der Waals surface area contributed by atoms with Gasteiger partial charge < -0.3 is 20.1 Å². The fourth-order valence-corrected chi connectivity index (χ4v) is 2.66. The number of nitrogens with one attached hydrogen (secondary N) is 1. The molecule has 0 aromatic carbocycles. The minimum Gasteiger partial charge on any atom is -0.481 e. The fourth-order valence-electron chi connectivity index (χ4n) is 2.66. The van der Waals surface area contributed by atoms with E-state index in [-0.39, 0.29) is 24.4 Å². The van der Waals surface area contributed by atoms with Crippen molar-refractivity contribution in [2.75, 3.05) is 20.3 Å². The molecule has 2 heterocycles. The monoisotopic (exact) mass is 242 g/mol. The molecule has 0 spiro atoms. The zero-order valence-electron chi connectivity index (χ0n) is 9.89. The Morgan fingerprint density at radius 1 is 1.41 bits per heavy atom. The summed E-state index contributed by atoms with van der Waals surface area (Å²) in [4.78, 5) is 24.8. The Balaban J connectivity index is 2.05. The van der Waals surface area contributed by atoms with Gasteiger partial charge in [-0.3, -0.25) is 9.59 Å². The van der Waals surface area contributed by atoms with Gasteiger partial charge in [-0.25, -0.2) is 0 Å². The van der Waals surface area contributed by atoms with Crippen LogP contribution in [0, 0.1) is 0 Å². The summed E-state index contributed by atoms with van der Waals surface area (Å²) in [6.45, 7) is 1.15. The molecular formula is C11H18N2O4. The molecule has 0 radical (unpaired) electrons. The molecule has 6 nitrogen and oxygen atoms in total. The van der Waals surface area contributed by atoms with Gasteiger partial charge in [0, 0.05) is 0 Å². The fraction of sp³-hybridized carbons (Fsp3) is 0.818. The summed E-state index contributed by atoms with van der Waals surface area (Å²) in [5.74, 6) is -1.07. The van der Waals surface area contributed by atoms with E-state index in [0.717, 1.165) is 12.8 Å². The molecule has 2 N–H and O–H groups in total. The van der Waals surface area contributed by atoms with E-state index in [9.17, 15) is 9.59 Å². The standard InChI is InChI=1S/C11H18N2O4/c1-12-9(4-10(14)15)11(16)13-7-2-3-8(13)6-17-5-7/h7-9,12H,2-6H2,1H3,(H,14,15)/t7?,8?,9-/m0/s1. The van der Waals surface area contributed by atoms with Crippen LogP contribution in [0.15, 0.2) is 0 Å². The second kappa shape index (κ2) is 5.01. The van der Waals surface area contributed by atoms with Gasteiger partial charge in [-0.15, -0.1) is 0 Å². The first-order valence-corrected chi connectivity index (χ1v) is 5.92. The zero-order valence-corrected chi connectivity index (χ0v) is 9.89. The molecule has 2 fully saturated rings. The van der Waals surface area contributed by atoms with Crippen LogP contribution in [0.5, 0.6) is 0 Å². The molecule has 6 heteroatoms. The van der Waals surface area contributed by atoms with Crippen molar-refractivity contribution in [1.29, 1.82) is 0 Å². The van der Waals surface area contributed by atoms with E-state index in [1.165, 1.54) is 0 Å². The van der Waals surface area contributed by atoms with Gasteiger partial charge in [0.15, 0.2) is 0 Å². The van der Waals surface area contributed by atoms with Crippen molar-refractivity contribution in [3.05, 3.63) is 0 Å². The topological polar surface area (TPSA) is 78.9 Å². The molecule has 2 saturated heterocycles. The molecule has 0 saturated carbocycles. The third-order valence-electron chi connectivity index (χ3n) is 3.52. The molecule has 2 bridgehead atoms. The van der Waals surface area contributed by atoms with Crippen LogP contribution < -0.4 is 5.32 Å². The van der Waals surface area contributed by atoms with Crippen molar-refractivity contribution in [1.82, 2.24) is 10.2 Å². The lowest BCUT2D eigenvalue weighted by Crippen LogP contribution is -2.55. The summed E-state index contributed by atoms with van der Waals surface area (Å²) in [5.41, 5.74) is 0. The van der Waals surface area contributed by atoms with E-state index in [1.807, 2.05) is 4.90 Å². The summed E-state index contributed by atoms with van der Waals surface area (Å²) in [6, 6.07) is -0.370. The maximum Gasteiger partial charge on any atom is 0.305 e. The predicted molar refractivity (Wildman–Crippen MR) is 59.6 cm³/mol. The minimum atomic E-state index is -0.960. The Morgan fingerprint density at radius 3 is 2.47 bits per heavy atom. The molecule has 2 aliphatic rings. The number of hydrogen-bond acceptors (Lipinski definition) is 4. The number of aliphatic carboxylic acids is 1. The lowest BCUT2D eigenvalue weighted by Gasteiger charge is -2.36.